The van der Waals surface area contributed by atoms with Gasteiger partial charge in [-0.3, -0.25) is 4.90 Å². The van der Waals surface area contributed by atoms with Gasteiger partial charge in [0, 0.05) is 49.8 Å². The first-order valence-corrected chi connectivity index (χ1v) is 16.6. The number of hydrogen-bond acceptors (Lipinski definition) is 6. The maximum atomic E-state index is 13.5. The fraction of sp³-hybridized carbons (Fsp3) is 0.760. The van der Waals surface area contributed by atoms with Crippen molar-refractivity contribution in [1.29, 1.82) is 0 Å². The van der Waals surface area contributed by atoms with Crippen LogP contribution in [0.2, 0.25) is 5.02 Å². The predicted octanol–water partition coefficient (Wildman–Crippen LogP) is 2.93. The molecule has 0 unspecified atom stereocenters. The van der Waals surface area contributed by atoms with E-state index in [1.807, 2.05) is 0 Å². The Morgan fingerprint density at radius 1 is 0.889 bits per heavy atom. The number of nitrogens with zero attached hydrogens (tertiary/aromatic N) is 4. The summed E-state index contributed by atoms with van der Waals surface area (Å²) in [5.41, 5.74) is 1.37. The molecule has 0 aliphatic carbocycles. The van der Waals surface area contributed by atoms with Crippen LogP contribution >= 0.6 is 11.6 Å². The minimum Gasteiger partial charge on any atom is -0.306 e. The summed E-state index contributed by atoms with van der Waals surface area (Å²) in [6.45, 7) is 8.94. The van der Waals surface area contributed by atoms with Crippen LogP contribution in [0, 0.1) is 13.8 Å². The molecule has 0 amide bonds. The topological polar surface area (TPSA) is 81.2 Å². The third kappa shape index (κ3) is 6.27. The summed E-state index contributed by atoms with van der Waals surface area (Å²) < 4.78 is 56.3. The van der Waals surface area contributed by atoms with Gasteiger partial charge < -0.3 is 4.90 Å². The zero-order chi connectivity index (χ0) is 26.1. The third-order valence-electron chi connectivity index (χ3n) is 8.18. The largest absolute Gasteiger partial charge is 0.306 e. The van der Waals surface area contributed by atoms with Crippen LogP contribution in [0.3, 0.4) is 0 Å². The molecule has 36 heavy (non-hydrogen) atoms. The minimum absolute atomic E-state index is 0.0741. The summed E-state index contributed by atoms with van der Waals surface area (Å²) in [4.78, 5) is 5.11. The van der Waals surface area contributed by atoms with Gasteiger partial charge in [0.2, 0.25) is 20.0 Å². The Kier molecular flexibility index (Phi) is 9.07. The molecule has 1 atom stereocenters. The first-order valence-electron chi connectivity index (χ1n) is 13.2. The number of sulfonamides is 2. The first kappa shape index (κ1) is 28.3. The molecule has 204 valence electrons. The summed E-state index contributed by atoms with van der Waals surface area (Å²) >= 11 is 6.18. The van der Waals surface area contributed by atoms with E-state index in [0.717, 1.165) is 57.4 Å². The third-order valence-corrected chi connectivity index (χ3v) is 12.6. The zero-order valence-electron chi connectivity index (χ0n) is 21.8. The van der Waals surface area contributed by atoms with E-state index in [1.54, 1.807) is 34.6 Å². The fourth-order valence-corrected chi connectivity index (χ4v) is 9.65. The summed E-state index contributed by atoms with van der Waals surface area (Å²) in [6.07, 6.45) is 4.88. The molecule has 0 radical (unpaired) electrons. The van der Waals surface area contributed by atoms with Crippen molar-refractivity contribution in [1.82, 2.24) is 18.4 Å². The lowest BCUT2D eigenvalue weighted by molar-refractivity contribution is 0.0892. The summed E-state index contributed by atoms with van der Waals surface area (Å²) in [5, 5.41) is 0.557. The van der Waals surface area contributed by atoms with Gasteiger partial charge in [0.05, 0.1) is 10.6 Å². The van der Waals surface area contributed by atoms with Gasteiger partial charge in [-0.15, -0.1) is 0 Å². The smallest absolute Gasteiger partial charge is 0.243 e. The SMILES string of the molecule is Cc1cc(S(=O)(=O)N2CCC[C@H]2CCCS(=O)(=O)N2CCN(C3CCN(C)CC3)CC2)c(C)cc1Cl. The van der Waals surface area contributed by atoms with Crippen molar-refractivity contribution in [2.75, 3.05) is 58.6 Å². The highest BCUT2D eigenvalue weighted by Crippen LogP contribution is 2.32. The molecular formula is C25H41ClN4O4S2. The quantitative estimate of drug-likeness (QED) is 0.486. The monoisotopic (exact) mass is 560 g/mol. The molecule has 0 bridgehead atoms. The van der Waals surface area contributed by atoms with Crippen molar-refractivity contribution in [3.8, 4) is 0 Å². The highest BCUT2D eigenvalue weighted by molar-refractivity contribution is 7.89. The molecule has 3 heterocycles. The molecule has 0 N–H and O–H groups in total. The Hall–Kier alpha value is -0.750. The van der Waals surface area contributed by atoms with Crippen LogP contribution in [0.25, 0.3) is 0 Å². The highest BCUT2D eigenvalue weighted by atomic mass is 35.5. The maximum absolute atomic E-state index is 13.5. The Morgan fingerprint density at radius 2 is 1.56 bits per heavy atom. The van der Waals surface area contributed by atoms with Gasteiger partial charge in [-0.25, -0.2) is 16.8 Å². The first-order chi connectivity index (χ1) is 17.0. The standard InChI is InChI=1S/C25H41ClN4O4S2/c1-20-19-25(21(2)18-24(20)26)36(33,34)30-10-4-6-23(30)7-5-17-35(31,32)29-15-13-28(14-16-29)22-8-11-27(3)12-9-22/h18-19,22-23H,4-17H2,1-3H3/t23-/m0/s1. The number of aryl methyl sites for hydroxylation is 2. The second-order valence-electron chi connectivity index (χ2n) is 10.7. The lowest BCUT2D eigenvalue weighted by atomic mass is 10.0. The average molecular weight is 561 g/mol. The molecule has 4 rings (SSSR count). The number of likely N-dealkylation sites (tertiary alicyclic amines) is 1. The van der Waals surface area contributed by atoms with Gasteiger partial charge in [0.15, 0.2) is 0 Å². The average Bonchev–Trinajstić information content (AvgIpc) is 3.31. The van der Waals surface area contributed by atoms with Crippen molar-refractivity contribution in [3.05, 3.63) is 28.3 Å². The van der Waals surface area contributed by atoms with Crippen LogP contribution in [0.4, 0.5) is 0 Å². The Morgan fingerprint density at radius 3 is 2.22 bits per heavy atom. The number of hydrogen-bond donors (Lipinski definition) is 0. The van der Waals surface area contributed by atoms with E-state index in [-0.39, 0.29) is 11.8 Å². The van der Waals surface area contributed by atoms with Gasteiger partial charge >= 0.3 is 0 Å². The lowest BCUT2D eigenvalue weighted by Crippen LogP contribution is -2.54. The number of piperidine rings is 1. The van der Waals surface area contributed by atoms with E-state index in [1.165, 1.54) is 0 Å². The molecular weight excluding hydrogens is 520 g/mol. The van der Waals surface area contributed by atoms with Crippen LogP contribution in [0.5, 0.6) is 0 Å². The van der Waals surface area contributed by atoms with Crippen LogP contribution < -0.4 is 0 Å². The van der Waals surface area contributed by atoms with E-state index >= 15 is 0 Å². The zero-order valence-corrected chi connectivity index (χ0v) is 24.2. The molecule has 1 aromatic carbocycles. The summed E-state index contributed by atoms with van der Waals surface area (Å²) in [7, 11) is -4.85. The second kappa shape index (κ2) is 11.6. The van der Waals surface area contributed by atoms with Gasteiger partial charge in [0.1, 0.15) is 0 Å². The molecule has 0 saturated carbocycles. The molecule has 11 heteroatoms. The second-order valence-corrected chi connectivity index (χ2v) is 15.1. The summed E-state index contributed by atoms with van der Waals surface area (Å²) in [5.74, 6) is 0.0741. The van der Waals surface area contributed by atoms with E-state index < -0.39 is 20.0 Å². The number of piperazine rings is 1. The molecule has 3 aliphatic rings. The van der Waals surface area contributed by atoms with E-state index in [0.29, 0.717) is 54.0 Å². The van der Waals surface area contributed by atoms with E-state index in [2.05, 4.69) is 16.8 Å². The van der Waals surface area contributed by atoms with E-state index in [4.69, 9.17) is 11.6 Å². The molecule has 3 fully saturated rings. The van der Waals surface area contributed by atoms with Crippen molar-refractivity contribution in [2.45, 2.75) is 69.4 Å². The highest BCUT2D eigenvalue weighted by Gasteiger charge is 2.37. The predicted molar refractivity (Wildman–Crippen MR) is 145 cm³/mol. The van der Waals surface area contributed by atoms with Crippen LogP contribution in [-0.2, 0) is 20.0 Å². The Labute approximate surface area is 222 Å². The fourth-order valence-electron chi connectivity index (χ4n) is 5.91. The van der Waals surface area contributed by atoms with Gasteiger partial charge in [-0.1, -0.05) is 11.6 Å². The Bertz CT molecular complexity index is 1130. The van der Waals surface area contributed by atoms with Crippen molar-refractivity contribution in [2.24, 2.45) is 0 Å². The molecule has 3 aliphatic heterocycles. The molecule has 0 aromatic heterocycles. The molecule has 8 nitrogen and oxygen atoms in total. The number of rotatable bonds is 8. The number of benzene rings is 1. The molecule has 0 spiro atoms. The summed E-state index contributed by atoms with van der Waals surface area (Å²) in [6, 6.07) is 3.75. The van der Waals surface area contributed by atoms with Gasteiger partial charge in [-0.2, -0.15) is 8.61 Å². The molecule has 1 aromatic rings. The lowest BCUT2D eigenvalue weighted by Gasteiger charge is -2.41. The Balaban J connectivity index is 1.30. The van der Waals surface area contributed by atoms with Crippen molar-refractivity contribution >= 4 is 31.6 Å². The maximum Gasteiger partial charge on any atom is 0.243 e. The van der Waals surface area contributed by atoms with Gasteiger partial charge in [0.25, 0.3) is 0 Å². The van der Waals surface area contributed by atoms with Crippen LogP contribution in [0.15, 0.2) is 17.0 Å². The van der Waals surface area contributed by atoms with Crippen molar-refractivity contribution < 1.29 is 16.8 Å². The molecule has 3 saturated heterocycles. The van der Waals surface area contributed by atoms with Crippen molar-refractivity contribution in [3.63, 3.8) is 0 Å². The van der Waals surface area contributed by atoms with E-state index in [9.17, 15) is 16.8 Å². The number of halogens is 1. The van der Waals surface area contributed by atoms with Crippen LogP contribution in [0.1, 0.15) is 49.7 Å². The normalized spacial score (nSPS) is 24.5. The minimum atomic E-state index is -3.66. The van der Waals surface area contributed by atoms with Gasteiger partial charge in [-0.05, 0) is 95.8 Å². The van der Waals surface area contributed by atoms with Crippen LogP contribution in [-0.4, -0.2) is 106 Å².